The predicted octanol–water partition coefficient (Wildman–Crippen LogP) is 3.90. The number of thioether (sulfide) groups is 1. The molecule has 0 aromatic heterocycles. The summed E-state index contributed by atoms with van der Waals surface area (Å²) in [4.78, 5) is 1.38. The van der Waals surface area contributed by atoms with Gasteiger partial charge in [-0.15, -0.1) is 11.8 Å². The van der Waals surface area contributed by atoms with Crippen molar-refractivity contribution in [3.8, 4) is 0 Å². The second kappa shape index (κ2) is 6.97. The van der Waals surface area contributed by atoms with E-state index in [1.165, 1.54) is 22.6 Å². The number of rotatable bonds is 6. The van der Waals surface area contributed by atoms with Gasteiger partial charge in [0.1, 0.15) is 0 Å². The molecule has 2 heteroatoms. The lowest BCUT2D eigenvalue weighted by molar-refractivity contribution is 0.598. The minimum atomic E-state index is 0.613. The van der Waals surface area contributed by atoms with Crippen LogP contribution in [0.3, 0.4) is 0 Å². The minimum Gasteiger partial charge on any atom is -0.317 e. The zero-order valence-corrected chi connectivity index (χ0v) is 11.6. The zero-order valence-electron chi connectivity index (χ0n) is 10.8. The van der Waals surface area contributed by atoms with Gasteiger partial charge in [-0.1, -0.05) is 26.0 Å². The van der Waals surface area contributed by atoms with Gasteiger partial charge in [0.15, 0.2) is 0 Å². The Kier molecular flexibility index (Phi) is 5.93. The highest BCUT2D eigenvalue weighted by Gasteiger charge is 2.01. The Hall–Kier alpha value is -0.470. The maximum Gasteiger partial charge on any atom is 0.00721 e. The molecule has 0 amide bonds. The van der Waals surface area contributed by atoms with Crippen molar-refractivity contribution in [3.05, 3.63) is 29.8 Å². The highest BCUT2D eigenvalue weighted by atomic mass is 32.2. The standard InChI is InChI=1S/C14H23NS/c1-11(2)13-5-7-14(8-6-13)16-10-9-12(3)15-4/h5-8,11-12,15H,9-10H2,1-4H3. The fourth-order valence-electron chi connectivity index (χ4n) is 1.45. The lowest BCUT2D eigenvalue weighted by atomic mass is 10.0. The topological polar surface area (TPSA) is 12.0 Å². The first-order valence-electron chi connectivity index (χ1n) is 6.03. The van der Waals surface area contributed by atoms with Gasteiger partial charge in [-0.2, -0.15) is 0 Å². The van der Waals surface area contributed by atoms with E-state index in [0.717, 1.165) is 0 Å². The molecule has 0 radical (unpaired) electrons. The van der Waals surface area contributed by atoms with Crippen LogP contribution in [0.15, 0.2) is 29.2 Å². The first kappa shape index (κ1) is 13.6. The Bertz CT molecular complexity index is 292. The predicted molar refractivity (Wildman–Crippen MR) is 74.4 cm³/mol. The Morgan fingerprint density at radius 2 is 1.75 bits per heavy atom. The van der Waals surface area contributed by atoms with E-state index in [1.54, 1.807) is 0 Å². The van der Waals surface area contributed by atoms with Gasteiger partial charge in [0.05, 0.1) is 0 Å². The number of hydrogen-bond acceptors (Lipinski definition) is 2. The van der Waals surface area contributed by atoms with Crippen molar-refractivity contribution in [1.82, 2.24) is 5.32 Å². The molecule has 0 spiro atoms. The van der Waals surface area contributed by atoms with Crippen LogP contribution in [0.25, 0.3) is 0 Å². The summed E-state index contributed by atoms with van der Waals surface area (Å²) < 4.78 is 0. The van der Waals surface area contributed by atoms with Crippen LogP contribution in [0.5, 0.6) is 0 Å². The summed E-state index contributed by atoms with van der Waals surface area (Å²) in [6.07, 6.45) is 1.22. The summed E-state index contributed by atoms with van der Waals surface area (Å²) >= 11 is 1.94. The van der Waals surface area contributed by atoms with Gasteiger partial charge < -0.3 is 5.32 Å². The molecule has 90 valence electrons. The van der Waals surface area contributed by atoms with Crippen LogP contribution in [0.2, 0.25) is 0 Å². The van der Waals surface area contributed by atoms with Crippen molar-refractivity contribution in [2.24, 2.45) is 0 Å². The third kappa shape index (κ3) is 4.58. The van der Waals surface area contributed by atoms with E-state index in [2.05, 4.69) is 50.4 Å². The second-order valence-corrected chi connectivity index (χ2v) is 5.72. The van der Waals surface area contributed by atoms with Crippen LogP contribution in [0.4, 0.5) is 0 Å². The molecule has 0 aliphatic heterocycles. The zero-order chi connectivity index (χ0) is 12.0. The van der Waals surface area contributed by atoms with Crippen molar-refractivity contribution in [3.63, 3.8) is 0 Å². The monoisotopic (exact) mass is 237 g/mol. The van der Waals surface area contributed by atoms with Crippen molar-refractivity contribution >= 4 is 11.8 Å². The van der Waals surface area contributed by atoms with Gasteiger partial charge in [-0.25, -0.2) is 0 Å². The Balaban J connectivity index is 2.38. The highest BCUT2D eigenvalue weighted by molar-refractivity contribution is 7.99. The van der Waals surface area contributed by atoms with E-state index in [9.17, 15) is 0 Å². The third-order valence-electron chi connectivity index (χ3n) is 2.86. The highest BCUT2D eigenvalue weighted by Crippen LogP contribution is 2.22. The molecule has 1 rings (SSSR count). The minimum absolute atomic E-state index is 0.613. The molecule has 1 atom stereocenters. The molecule has 1 nitrogen and oxygen atoms in total. The van der Waals surface area contributed by atoms with E-state index < -0.39 is 0 Å². The molecule has 0 aliphatic rings. The molecular formula is C14H23NS. The molecule has 0 saturated carbocycles. The van der Waals surface area contributed by atoms with Crippen molar-refractivity contribution in [2.45, 2.75) is 44.0 Å². The molecule has 0 fully saturated rings. The summed E-state index contributed by atoms with van der Waals surface area (Å²) in [5.74, 6) is 1.81. The molecule has 0 saturated heterocycles. The Morgan fingerprint density at radius 3 is 2.25 bits per heavy atom. The van der Waals surface area contributed by atoms with Gasteiger partial charge in [0.2, 0.25) is 0 Å². The Morgan fingerprint density at radius 1 is 1.12 bits per heavy atom. The Labute approximate surface area is 104 Å². The average molecular weight is 237 g/mol. The van der Waals surface area contributed by atoms with Gasteiger partial charge in [0, 0.05) is 10.9 Å². The van der Waals surface area contributed by atoms with E-state index in [-0.39, 0.29) is 0 Å². The van der Waals surface area contributed by atoms with E-state index in [0.29, 0.717) is 12.0 Å². The quantitative estimate of drug-likeness (QED) is 0.753. The number of hydrogen-bond donors (Lipinski definition) is 1. The number of benzene rings is 1. The summed E-state index contributed by atoms with van der Waals surface area (Å²) in [6, 6.07) is 9.58. The average Bonchev–Trinajstić information content (AvgIpc) is 2.29. The lowest BCUT2D eigenvalue weighted by Gasteiger charge is -2.10. The lowest BCUT2D eigenvalue weighted by Crippen LogP contribution is -2.21. The van der Waals surface area contributed by atoms with Crippen LogP contribution < -0.4 is 5.32 Å². The number of nitrogens with one attached hydrogen (secondary N) is 1. The van der Waals surface area contributed by atoms with E-state index in [1.807, 2.05) is 18.8 Å². The first-order valence-corrected chi connectivity index (χ1v) is 7.02. The summed E-state index contributed by atoms with van der Waals surface area (Å²) in [7, 11) is 2.02. The van der Waals surface area contributed by atoms with Crippen molar-refractivity contribution in [1.29, 1.82) is 0 Å². The normalized spacial score (nSPS) is 13.1. The van der Waals surface area contributed by atoms with E-state index in [4.69, 9.17) is 0 Å². The molecule has 1 aromatic rings. The molecule has 1 N–H and O–H groups in total. The fraction of sp³-hybridized carbons (Fsp3) is 0.571. The SMILES string of the molecule is CNC(C)CCSc1ccc(C(C)C)cc1. The molecular weight excluding hydrogens is 214 g/mol. The van der Waals surface area contributed by atoms with Crippen LogP contribution >= 0.6 is 11.8 Å². The van der Waals surface area contributed by atoms with Gasteiger partial charge in [-0.3, -0.25) is 0 Å². The van der Waals surface area contributed by atoms with Crippen LogP contribution in [0, 0.1) is 0 Å². The molecule has 1 unspecified atom stereocenters. The molecule has 0 bridgehead atoms. The summed E-state index contributed by atoms with van der Waals surface area (Å²) in [5.41, 5.74) is 1.42. The van der Waals surface area contributed by atoms with Crippen molar-refractivity contribution < 1.29 is 0 Å². The summed E-state index contributed by atoms with van der Waals surface area (Å²) in [5, 5.41) is 3.26. The maximum atomic E-state index is 3.26. The molecule has 0 aliphatic carbocycles. The largest absolute Gasteiger partial charge is 0.317 e. The second-order valence-electron chi connectivity index (χ2n) is 4.55. The van der Waals surface area contributed by atoms with Crippen molar-refractivity contribution in [2.75, 3.05) is 12.8 Å². The summed E-state index contributed by atoms with van der Waals surface area (Å²) in [6.45, 7) is 6.69. The van der Waals surface area contributed by atoms with Gasteiger partial charge in [0.25, 0.3) is 0 Å². The smallest absolute Gasteiger partial charge is 0.00721 e. The van der Waals surface area contributed by atoms with E-state index >= 15 is 0 Å². The molecule has 0 heterocycles. The van der Waals surface area contributed by atoms with Crippen LogP contribution in [0.1, 0.15) is 38.7 Å². The first-order chi connectivity index (χ1) is 7.63. The van der Waals surface area contributed by atoms with Gasteiger partial charge in [-0.05, 0) is 49.8 Å². The fourth-order valence-corrected chi connectivity index (χ4v) is 2.48. The molecule has 16 heavy (non-hydrogen) atoms. The maximum absolute atomic E-state index is 3.26. The van der Waals surface area contributed by atoms with Crippen LogP contribution in [-0.4, -0.2) is 18.8 Å². The van der Waals surface area contributed by atoms with Gasteiger partial charge >= 0.3 is 0 Å². The third-order valence-corrected chi connectivity index (χ3v) is 3.90. The van der Waals surface area contributed by atoms with Crippen LogP contribution in [-0.2, 0) is 0 Å². The molecule has 1 aromatic carbocycles.